The number of hydrogen-bond acceptors (Lipinski definition) is 4. The molecule has 1 unspecified atom stereocenters. The Morgan fingerprint density at radius 2 is 2.19 bits per heavy atom. The summed E-state index contributed by atoms with van der Waals surface area (Å²) in [5.74, 6) is 0.392. The molecule has 0 spiro atoms. The summed E-state index contributed by atoms with van der Waals surface area (Å²) in [6.45, 7) is 5.73. The number of rotatable bonds is 2. The molecule has 0 bridgehead atoms. The molecule has 2 heterocycles. The smallest absolute Gasteiger partial charge is 0.257 e. The summed E-state index contributed by atoms with van der Waals surface area (Å²) in [6, 6.07) is 1.76. The lowest BCUT2D eigenvalue weighted by Crippen LogP contribution is -2.26. The zero-order chi connectivity index (χ0) is 11.7. The SMILES string of the molecule is CCC1=NN(c2cc(C)ncn2)C(=O)C1C. The molecule has 84 valence electrons. The second-order valence-electron chi connectivity index (χ2n) is 3.83. The molecular formula is C11H14N4O. The normalized spacial score (nSPS) is 20.2. The molecule has 2 rings (SSSR count). The van der Waals surface area contributed by atoms with Gasteiger partial charge in [-0.3, -0.25) is 4.79 Å². The first-order valence-electron chi connectivity index (χ1n) is 5.33. The molecule has 1 aliphatic heterocycles. The molecule has 0 saturated heterocycles. The average Bonchev–Trinajstić information content (AvgIpc) is 2.56. The standard InChI is InChI=1S/C11H14N4O/c1-4-9-8(3)11(16)15(14-9)10-5-7(2)12-6-13-10/h5-6,8H,4H2,1-3H3. The first-order chi connectivity index (χ1) is 7.63. The van der Waals surface area contributed by atoms with Crippen LogP contribution in [-0.4, -0.2) is 21.6 Å². The van der Waals surface area contributed by atoms with E-state index in [9.17, 15) is 4.79 Å². The predicted molar refractivity (Wildman–Crippen MR) is 61.1 cm³/mol. The Morgan fingerprint density at radius 1 is 1.44 bits per heavy atom. The third-order valence-electron chi connectivity index (χ3n) is 2.68. The van der Waals surface area contributed by atoms with E-state index in [1.165, 1.54) is 11.3 Å². The van der Waals surface area contributed by atoms with Crippen molar-refractivity contribution in [1.82, 2.24) is 9.97 Å². The van der Waals surface area contributed by atoms with E-state index in [4.69, 9.17) is 0 Å². The fraction of sp³-hybridized carbons (Fsp3) is 0.455. The Bertz CT molecular complexity index is 455. The van der Waals surface area contributed by atoms with Crippen LogP contribution in [0.1, 0.15) is 26.0 Å². The lowest BCUT2D eigenvalue weighted by atomic mass is 10.0. The molecule has 0 saturated carbocycles. The lowest BCUT2D eigenvalue weighted by Gasteiger charge is -2.11. The maximum absolute atomic E-state index is 11.9. The molecule has 1 aliphatic rings. The summed E-state index contributed by atoms with van der Waals surface area (Å²) in [5, 5.41) is 5.66. The minimum Gasteiger partial charge on any atom is -0.272 e. The van der Waals surface area contributed by atoms with Crippen molar-refractivity contribution in [2.45, 2.75) is 27.2 Å². The fourth-order valence-corrected chi connectivity index (χ4v) is 1.69. The van der Waals surface area contributed by atoms with Crippen LogP contribution in [0.15, 0.2) is 17.5 Å². The van der Waals surface area contributed by atoms with E-state index >= 15 is 0 Å². The number of hydrogen-bond donors (Lipinski definition) is 0. The van der Waals surface area contributed by atoms with Gasteiger partial charge in [0.15, 0.2) is 5.82 Å². The monoisotopic (exact) mass is 218 g/mol. The van der Waals surface area contributed by atoms with Crippen LogP contribution in [0.25, 0.3) is 0 Å². The molecular weight excluding hydrogens is 204 g/mol. The number of carbonyl (C=O) groups excluding carboxylic acids is 1. The number of hydrazone groups is 1. The molecule has 0 aliphatic carbocycles. The molecule has 0 radical (unpaired) electrons. The van der Waals surface area contributed by atoms with Crippen LogP contribution >= 0.6 is 0 Å². The molecule has 5 nitrogen and oxygen atoms in total. The number of carbonyl (C=O) groups is 1. The summed E-state index contributed by atoms with van der Waals surface area (Å²) in [5.41, 5.74) is 1.73. The van der Waals surface area contributed by atoms with Crippen molar-refractivity contribution in [3.63, 3.8) is 0 Å². The van der Waals surface area contributed by atoms with E-state index in [0.29, 0.717) is 5.82 Å². The Kier molecular flexibility index (Phi) is 2.68. The average molecular weight is 218 g/mol. The van der Waals surface area contributed by atoms with Crippen LogP contribution < -0.4 is 5.01 Å². The van der Waals surface area contributed by atoms with Gasteiger partial charge in [-0.1, -0.05) is 6.92 Å². The number of aromatic nitrogens is 2. The summed E-state index contributed by atoms with van der Waals surface area (Å²) in [6.07, 6.45) is 2.23. The third kappa shape index (κ3) is 1.68. The van der Waals surface area contributed by atoms with E-state index in [1.807, 2.05) is 20.8 Å². The van der Waals surface area contributed by atoms with Gasteiger partial charge in [0, 0.05) is 11.8 Å². The molecule has 1 atom stereocenters. The van der Waals surface area contributed by atoms with Gasteiger partial charge in [0.2, 0.25) is 0 Å². The molecule has 16 heavy (non-hydrogen) atoms. The van der Waals surface area contributed by atoms with Gasteiger partial charge >= 0.3 is 0 Å². The predicted octanol–water partition coefficient (Wildman–Crippen LogP) is 1.53. The number of nitrogens with zero attached hydrogens (tertiary/aromatic N) is 4. The van der Waals surface area contributed by atoms with Gasteiger partial charge in [-0.05, 0) is 20.3 Å². The molecule has 0 aromatic carbocycles. The van der Waals surface area contributed by atoms with E-state index in [-0.39, 0.29) is 11.8 Å². The Hall–Kier alpha value is -1.78. The van der Waals surface area contributed by atoms with Crippen molar-refractivity contribution in [3.05, 3.63) is 18.1 Å². The quantitative estimate of drug-likeness (QED) is 0.756. The largest absolute Gasteiger partial charge is 0.272 e. The zero-order valence-corrected chi connectivity index (χ0v) is 9.64. The van der Waals surface area contributed by atoms with Crippen LogP contribution in [0, 0.1) is 12.8 Å². The van der Waals surface area contributed by atoms with E-state index < -0.39 is 0 Å². The molecule has 0 fully saturated rings. The molecule has 1 amide bonds. The van der Waals surface area contributed by atoms with Crippen molar-refractivity contribution in [2.24, 2.45) is 11.0 Å². The minimum absolute atomic E-state index is 0.0186. The van der Waals surface area contributed by atoms with E-state index in [1.54, 1.807) is 6.07 Å². The molecule has 1 aromatic heterocycles. The molecule has 5 heteroatoms. The third-order valence-corrected chi connectivity index (χ3v) is 2.68. The van der Waals surface area contributed by atoms with Gasteiger partial charge in [-0.15, -0.1) is 0 Å². The van der Waals surface area contributed by atoms with Gasteiger partial charge in [0.05, 0.1) is 11.6 Å². The van der Waals surface area contributed by atoms with Gasteiger partial charge in [0.25, 0.3) is 5.91 Å². The van der Waals surface area contributed by atoms with Gasteiger partial charge < -0.3 is 0 Å². The van der Waals surface area contributed by atoms with Crippen molar-refractivity contribution >= 4 is 17.4 Å². The van der Waals surface area contributed by atoms with E-state index in [2.05, 4.69) is 15.1 Å². The maximum Gasteiger partial charge on any atom is 0.257 e. The van der Waals surface area contributed by atoms with Crippen molar-refractivity contribution in [3.8, 4) is 0 Å². The number of anilines is 1. The summed E-state index contributed by atoms with van der Waals surface area (Å²) < 4.78 is 0. The molecule has 1 aromatic rings. The summed E-state index contributed by atoms with van der Waals surface area (Å²) >= 11 is 0. The zero-order valence-electron chi connectivity index (χ0n) is 9.64. The highest BCUT2D eigenvalue weighted by atomic mass is 16.2. The van der Waals surface area contributed by atoms with Crippen molar-refractivity contribution in [1.29, 1.82) is 0 Å². The minimum atomic E-state index is -0.139. The number of aryl methyl sites for hydroxylation is 1. The van der Waals surface area contributed by atoms with Crippen LogP contribution in [0.2, 0.25) is 0 Å². The van der Waals surface area contributed by atoms with Crippen molar-refractivity contribution in [2.75, 3.05) is 5.01 Å². The van der Waals surface area contributed by atoms with Crippen LogP contribution in [-0.2, 0) is 4.79 Å². The maximum atomic E-state index is 11.9. The fourth-order valence-electron chi connectivity index (χ4n) is 1.69. The second kappa shape index (κ2) is 4.00. The van der Waals surface area contributed by atoms with Gasteiger partial charge in [0.1, 0.15) is 6.33 Å². The van der Waals surface area contributed by atoms with Crippen molar-refractivity contribution < 1.29 is 4.79 Å². The molecule has 0 N–H and O–H groups in total. The Labute approximate surface area is 94.2 Å². The number of amides is 1. The van der Waals surface area contributed by atoms with Gasteiger partial charge in [-0.2, -0.15) is 10.1 Å². The van der Waals surface area contributed by atoms with Crippen LogP contribution in [0.3, 0.4) is 0 Å². The van der Waals surface area contributed by atoms with E-state index in [0.717, 1.165) is 17.8 Å². The van der Waals surface area contributed by atoms with Crippen LogP contribution in [0.4, 0.5) is 5.82 Å². The Balaban J connectivity index is 2.36. The van der Waals surface area contributed by atoms with Crippen LogP contribution in [0.5, 0.6) is 0 Å². The van der Waals surface area contributed by atoms with Gasteiger partial charge in [-0.25, -0.2) is 9.97 Å². The first-order valence-corrected chi connectivity index (χ1v) is 5.33. The highest BCUT2D eigenvalue weighted by molar-refractivity contribution is 6.14. The summed E-state index contributed by atoms with van der Waals surface area (Å²) in [7, 11) is 0. The second-order valence-corrected chi connectivity index (χ2v) is 3.83. The summed E-state index contributed by atoms with van der Waals surface area (Å²) in [4.78, 5) is 20.0. The highest BCUT2D eigenvalue weighted by Crippen LogP contribution is 2.22. The highest BCUT2D eigenvalue weighted by Gasteiger charge is 2.32. The first kappa shape index (κ1) is 10.7. The lowest BCUT2D eigenvalue weighted by molar-refractivity contribution is -0.119. The Morgan fingerprint density at radius 3 is 2.75 bits per heavy atom. The topological polar surface area (TPSA) is 58.5 Å².